The van der Waals surface area contributed by atoms with E-state index in [1.165, 1.54) is 12.1 Å². The van der Waals surface area contributed by atoms with Gasteiger partial charge in [0.05, 0.1) is 6.61 Å². The summed E-state index contributed by atoms with van der Waals surface area (Å²) in [6.45, 7) is 3.50. The predicted molar refractivity (Wildman–Crippen MR) is 76.4 cm³/mol. The maximum atomic E-state index is 13.2. The van der Waals surface area contributed by atoms with Gasteiger partial charge in [-0.05, 0) is 30.0 Å². The van der Waals surface area contributed by atoms with Crippen LogP contribution < -0.4 is 5.32 Å². The van der Waals surface area contributed by atoms with Crippen LogP contribution in [0.15, 0.2) is 28.7 Å². The highest BCUT2D eigenvalue weighted by Gasteiger charge is 2.41. The van der Waals surface area contributed by atoms with E-state index in [4.69, 9.17) is 0 Å². The molecule has 2 unspecified atom stereocenters. The Hall–Kier alpha value is -0.590. The number of hydrogen-bond donors (Lipinski definition) is 2. The smallest absolute Gasteiger partial charge is 0.395 e. The summed E-state index contributed by atoms with van der Waals surface area (Å²) in [5.74, 6) is 0.207. The molecule has 0 aliphatic heterocycles. The van der Waals surface area contributed by atoms with Gasteiger partial charge in [-0.3, -0.25) is 5.32 Å². The van der Waals surface area contributed by atoms with Gasteiger partial charge >= 0.3 is 6.18 Å². The van der Waals surface area contributed by atoms with Gasteiger partial charge in [0.25, 0.3) is 0 Å². The molecular weight excluding hydrogens is 335 g/mol. The monoisotopic (exact) mass is 353 g/mol. The average Bonchev–Trinajstić information content (AvgIpc) is 2.34. The molecule has 0 spiro atoms. The van der Waals surface area contributed by atoms with Gasteiger partial charge in [0.1, 0.15) is 6.04 Å². The van der Waals surface area contributed by atoms with E-state index in [1.807, 2.05) is 13.8 Å². The Kier molecular flexibility index (Phi) is 6.48. The Morgan fingerprint density at radius 2 is 1.75 bits per heavy atom. The molecule has 0 amide bonds. The van der Waals surface area contributed by atoms with E-state index in [9.17, 15) is 18.3 Å². The molecular formula is C14H19BrF3NO. The molecule has 1 aromatic carbocycles. The first-order valence-corrected chi connectivity index (χ1v) is 7.22. The number of rotatable bonds is 6. The van der Waals surface area contributed by atoms with Crippen LogP contribution in [0.4, 0.5) is 13.2 Å². The standard InChI is InChI=1S/C14H19BrF3NO/c1-9(2)7-12(8-20)19-13(14(16,17)18)10-3-5-11(15)6-4-10/h3-6,9,12-13,19-20H,7-8H2,1-2H3. The minimum absolute atomic E-state index is 0.142. The molecule has 0 heterocycles. The second-order valence-electron chi connectivity index (χ2n) is 5.20. The summed E-state index contributed by atoms with van der Waals surface area (Å²) in [6.07, 6.45) is -3.92. The highest BCUT2D eigenvalue weighted by atomic mass is 79.9. The maximum Gasteiger partial charge on any atom is 0.407 e. The highest BCUT2D eigenvalue weighted by molar-refractivity contribution is 9.10. The lowest BCUT2D eigenvalue weighted by Gasteiger charge is -2.28. The first-order valence-electron chi connectivity index (χ1n) is 6.43. The third kappa shape index (κ3) is 5.42. The summed E-state index contributed by atoms with van der Waals surface area (Å²) >= 11 is 3.20. The van der Waals surface area contributed by atoms with Crippen LogP contribution in [-0.4, -0.2) is 23.9 Å². The molecule has 0 aliphatic carbocycles. The van der Waals surface area contributed by atoms with E-state index < -0.39 is 18.3 Å². The van der Waals surface area contributed by atoms with E-state index >= 15 is 0 Å². The van der Waals surface area contributed by atoms with Crippen LogP contribution >= 0.6 is 15.9 Å². The van der Waals surface area contributed by atoms with Gasteiger partial charge in [-0.15, -0.1) is 0 Å². The average molecular weight is 354 g/mol. The number of halogens is 4. The fourth-order valence-electron chi connectivity index (χ4n) is 2.03. The molecule has 0 bridgehead atoms. The van der Waals surface area contributed by atoms with Crippen molar-refractivity contribution in [2.24, 2.45) is 5.92 Å². The van der Waals surface area contributed by atoms with Crippen LogP contribution in [0, 0.1) is 5.92 Å². The van der Waals surface area contributed by atoms with Crippen LogP contribution in [0.3, 0.4) is 0 Å². The number of hydrogen-bond acceptors (Lipinski definition) is 2. The molecule has 0 aliphatic rings. The second-order valence-corrected chi connectivity index (χ2v) is 6.12. The lowest BCUT2D eigenvalue weighted by Crippen LogP contribution is -2.43. The third-order valence-corrected chi connectivity index (χ3v) is 3.44. The Bertz CT molecular complexity index is 406. The van der Waals surface area contributed by atoms with Crippen molar-refractivity contribution in [3.05, 3.63) is 34.3 Å². The van der Waals surface area contributed by atoms with Crippen molar-refractivity contribution in [2.45, 2.75) is 38.5 Å². The number of alkyl halides is 3. The van der Waals surface area contributed by atoms with Gasteiger partial charge in [0, 0.05) is 10.5 Å². The number of aliphatic hydroxyl groups excluding tert-OH is 1. The zero-order chi connectivity index (χ0) is 15.3. The van der Waals surface area contributed by atoms with Crippen LogP contribution in [0.1, 0.15) is 31.9 Å². The van der Waals surface area contributed by atoms with Crippen molar-refractivity contribution in [1.82, 2.24) is 5.32 Å². The molecule has 2 N–H and O–H groups in total. The first kappa shape index (κ1) is 17.5. The van der Waals surface area contributed by atoms with Gasteiger partial charge in [-0.2, -0.15) is 13.2 Å². The summed E-state index contributed by atoms with van der Waals surface area (Å²) in [6, 6.07) is 3.66. The van der Waals surface area contributed by atoms with E-state index in [1.54, 1.807) is 12.1 Å². The van der Waals surface area contributed by atoms with Crippen molar-refractivity contribution in [2.75, 3.05) is 6.61 Å². The summed E-state index contributed by atoms with van der Waals surface area (Å²) < 4.78 is 40.3. The SMILES string of the molecule is CC(C)CC(CO)NC(c1ccc(Br)cc1)C(F)(F)F. The lowest BCUT2D eigenvalue weighted by atomic mass is 10.0. The lowest BCUT2D eigenvalue weighted by molar-refractivity contribution is -0.160. The fourth-order valence-corrected chi connectivity index (χ4v) is 2.30. The molecule has 2 atom stereocenters. The third-order valence-electron chi connectivity index (χ3n) is 2.91. The van der Waals surface area contributed by atoms with Gasteiger partial charge < -0.3 is 5.11 Å². The van der Waals surface area contributed by atoms with Crippen molar-refractivity contribution < 1.29 is 18.3 Å². The van der Waals surface area contributed by atoms with E-state index in [-0.39, 0.29) is 18.1 Å². The molecule has 0 fully saturated rings. The second kappa shape index (κ2) is 7.43. The minimum Gasteiger partial charge on any atom is -0.395 e. The molecule has 1 rings (SSSR count). The van der Waals surface area contributed by atoms with Crippen molar-refractivity contribution >= 4 is 15.9 Å². The Morgan fingerprint density at radius 1 is 1.20 bits per heavy atom. The topological polar surface area (TPSA) is 32.3 Å². The maximum absolute atomic E-state index is 13.2. The van der Waals surface area contributed by atoms with Crippen LogP contribution in [0.2, 0.25) is 0 Å². The van der Waals surface area contributed by atoms with Crippen LogP contribution in [-0.2, 0) is 0 Å². The summed E-state index contributed by atoms with van der Waals surface area (Å²) in [4.78, 5) is 0. The Morgan fingerprint density at radius 3 is 2.15 bits per heavy atom. The normalized spacial score (nSPS) is 15.4. The van der Waals surface area contributed by atoms with E-state index in [0.29, 0.717) is 6.42 Å². The van der Waals surface area contributed by atoms with Crippen LogP contribution in [0.5, 0.6) is 0 Å². The predicted octanol–water partition coefficient (Wildman–Crippen LogP) is 4.05. The fraction of sp³-hybridized carbons (Fsp3) is 0.571. The Balaban J connectivity index is 2.92. The van der Waals surface area contributed by atoms with E-state index in [2.05, 4.69) is 21.2 Å². The van der Waals surface area contributed by atoms with Crippen LogP contribution in [0.25, 0.3) is 0 Å². The van der Waals surface area contributed by atoms with Crippen molar-refractivity contribution in [3.8, 4) is 0 Å². The van der Waals surface area contributed by atoms with Crippen molar-refractivity contribution in [3.63, 3.8) is 0 Å². The summed E-state index contributed by atoms with van der Waals surface area (Å²) in [5, 5.41) is 11.8. The first-order chi connectivity index (χ1) is 9.24. The quantitative estimate of drug-likeness (QED) is 0.808. The van der Waals surface area contributed by atoms with Gasteiger partial charge in [0.15, 0.2) is 0 Å². The molecule has 20 heavy (non-hydrogen) atoms. The van der Waals surface area contributed by atoms with E-state index in [0.717, 1.165) is 4.47 Å². The number of aliphatic hydroxyl groups is 1. The minimum atomic E-state index is -4.40. The zero-order valence-electron chi connectivity index (χ0n) is 11.4. The van der Waals surface area contributed by atoms with Gasteiger partial charge in [-0.25, -0.2) is 0 Å². The molecule has 0 saturated heterocycles. The highest BCUT2D eigenvalue weighted by Crippen LogP contribution is 2.34. The molecule has 1 aromatic rings. The molecule has 0 saturated carbocycles. The summed E-state index contributed by atoms with van der Waals surface area (Å²) in [7, 11) is 0. The van der Waals surface area contributed by atoms with Crippen molar-refractivity contribution in [1.29, 1.82) is 0 Å². The Labute approximate surface area is 125 Å². The number of nitrogens with one attached hydrogen (secondary N) is 1. The molecule has 2 nitrogen and oxygen atoms in total. The number of benzene rings is 1. The molecule has 0 aromatic heterocycles. The molecule has 114 valence electrons. The largest absolute Gasteiger partial charge is 0.407 e. The molecule has 6 heteroatoms. The molecule has 0 radical (unpaired) electrons. The summed E-state index contributed by atoms with van der Waals surface area (Å²) in [5.41, 5.74) is 0.142. The van der Waals surface area contributed by atoms with Gasteiger partial charge in [0.2, 0.25) is 0 Å². The zero-order valence-corrected chi connectivity index (χ0v) is 13.0. The van der Waals surface area contributed by atoms with Gasteiger partial charge in [-0.1, -0.05) is 41.9 Å².